The lowest BCUT2D eigenvalue weighted by Gasteiger charge is -2.11. The molecule has 1 aromatic carbocycles. The van der Waals surface area contributed by atoms with E-state index >= 15 is 0 Å². The minimum Gasteiger partial charge on any atom is -0.494 e. The maximum atomic E-state index is 5.69. The third-order valence-electron chi connectivity index (χ3n) is 3.19. The first-order valence-corrected chi connectivity index (χ1v) is 7.59. The van der Waals surface area contributed by atoms with Crippen LogP contribution in [0.3, 0.4) is 0 Å². The van der Waals surface area contributed by atoms with Gasteiger partial charge in [-0.1, -0.05) is 38.0 Å². The summed E-state index contributed by atoms with van der Waals surface area (Å²) in [5.41, 5.74) is 2.68. The van der Waals surface area contributed by atoms with E-state index in [9.17, 15) is 0 Å². The van der Waals surface area contributed by atoms with E-state index in [0.29, 0.717) is 6.04 Å². The van der Waals surface area contributed by atoms with Gasteiger partial charge in [0.05, 0.1) is 6.61 Å². The van der Waals surface area contributed by atoms with Crippen molar-refractivity contribution < 1.29 is 4.74 Å². The Labute approximate surface area is 118 Å². The predicted molar refractivity (Wildman–Crippen MR) is 83.0 cm³/mol. The topological polar surface area (TPSA) is 21.3 Å². The molecule has 2 nitrogen and oxygen atoms in total. The van der Waals surface area contributed by atoms with Crippen LogP contribution in [-0.2, 0) is 6.42 Å². The van der Waals surface area contributed by atoms with Crippen LogP contribution >= 0.6 is 0 Å². The number of hydrogen-bond donors (Lipinski definition) is 1. The van der Waals surface area contributed by atoms with Crippen LogP contribution < -0.4 is 10.1 Å². The van der Waals surface area contributed by atoms with Crippen molar-refractivity contribution in [2.24, 2.45) is 0 Å². The van der Waals surface area contributed by atoms with Crippen molar-refractivity contribution in [1.29, 1.82) is 0 Å². The maximum Gasteiger partial charge on any atom is 0.122 e. The molecule has 0 aliphatic heterocycles. The second-order valence-corrected chi connectivity index (χ2v) is 5.46. The van der Waals surface area contributed by atoms with E-state index < -0.39 is 0 Å². The molecule has 1 rings (SSSR count). The number of nitrogens with one attached hydrogen (secondary N) is 1. The third kappa shape index (κ3) is 6.63. The van der Waals surface area contributed by atoms with Crippen LogP contribution in [-0.4, -0.2) is 19.2 Å². The molecule has 0 aliphatic rings. The highest BCUT2D eigenvalue weighted by molar-refractivity contribution is 5.36. The van der Waals surface area contributed by atoms with Crippen LogP contribution in [0, 0.1) is 6.92 Å². The summed E-state index contributed by atoms with van der Waals surface area (Å²) in [6, 6.07) is 7.09. The van der Waals surface area contributed by atoms with Crippen molar-refractivity contribution in [3.63, 3.8) is 0 Å². The Morgan fingerprint density at radius 2 is 1.95 bits per heavy atom. The summed E-state index contributed by atoms with van der Waals surface area (Å²) >= 11 is 0. The zero-order chi connectivity index (χ0) is 14.1. The fraction of sp³-hybridized carbons (Fsp3) is 0.647. The average molecular weight is 263 g/mol. The number of ether oxygens (including phenoxy) is 1. The highest BCUT2D eigenvalue weighted by Gasteiger charge is 2.03. The summed E-state index contributed by atoms with van der Waals surface area (Å²) in [6.07, 6.45) is 4.90. The first-order valence-electron chi connectivity index (χ1n) is 7.59. The van der Waals surface area contributed by atoms with Gasteiger partial charge in [0.25, 0.3) is 0 Å². The molecule has 0 amide bonds. The molecule has 0 atom stereocenters. The SMILES string of the molecule is CCOc1ccc(C)cc1CCCCCNC(C)C. The average Bonchev–Trinajstić information content (AvgIpc) is 2.36. The summed E-state index contributed by atoms with van der Waals surface area (Å²) < 4.78 is 5.69. The van der Waals surface area contributed by atoms with Crippen LogP contribution in [0.25, 0.3) is 0 Å². The molecule has 2 heteroatoms. The predicted octanol–water partition coefficient (Wildman–Crippen LogP) is 4.10. The molecule has 0 spiro atoms. The molecule has 0 saturated carbocycles. The molecule has 19 heavy (non-hydrogen) atoms. The molecule has 0 unspecified atom stereocenters. The van der Waals surface area contributed by atoms with E-state index in [2.05, 4.69) is 44.3 Å². The van der Waals surface area contributed by atoms with E-state index in [0.717, 1.165) is 25.3 Å². The van der Waals surface area contributed by atoms with Crippen molar-refractivity contribution >= 4 is 0 Å². The summed E-state index contributed by atoms with van der Waals surface area (Å²) in [5, 5.41) is 3.46. The van der Waals surface area contributed by atoms with Crippen molar-refractivity contribution in [1.82, 2.24) is 5.32 Å². The monoisotopic (exact) mass is 263 g/mol. The van der Waals surface area contributed by atoms with Crippen LogP contribution in [0.5, 0.6) is 5.75 Å². The number of benzene rings is 1. The largest absolute Gasteiger partial charge is 0.494 e. The van der Waals surface area contributed by atoms with E-state index in [-0.39, 0.29) is 0 Å². The van der Waals surface area contributed by atoms with Gasteiger partial charge in [0.2, 0.25) is 0 Å². The van der Waals surface area contributed by atoms with Crippen LogP contribution in [0.15, 0.2) is 18.2 Å². The Morgan fingerprint density at radius 3 is 2.63 bits per heavy atom. The van der Waals surface area contributed by atoms with Crippen molar-refractivity contribution in [3.8, 4) is 5.75 Å². The summed E-state index contributed by atoms with van der Waals surface area (Å²) in [7, 11) is 0. The van der Waals surface area contributed by atoms with Gasteiger partial charge in [0.15, 0.2) is 0 Å². The van der Waals surface area contributed by atoms with Crippen molar-refractivity contribution in [3.05, 3.63) is 29.3 Å². The molecule has 0 saturated heterocycles. The van der Waals surface area contributed by atoms with Gasteiger partial charge in [-0.25, -0.2) is 0 Å². The van der Waals surface area contributed by atoms with Gasteiger partial charge in [-0.05, 0) is 51.3 Å². The van der Waals surface area contributed by atoms with Gasteiger partial charge in [-0.3, -0.25) is 0 Å². The molecule has 1 N–H and O–H groups in total. The molecule has 0 bridgehead atoms. The van der Waals surface area contributed by atoms with Crippen molar-refractivity contribution in [2.45, 2.75) is 59.4 Å². The number of aryl methyl sites for hydroxylation is 2. The maximum absolute atomic E-state index is 5.69. The second-order valence-electron chi connectivity index (χ2n) is 5.46. The van der Waals surface area contributed by atoms with Crippen molar-refractivity contribution in [2.75, 3.05) is 13.2 Å². The Kier molecular flexibility index (Phi) is 7.57. The number of rotatable bonds is 9. The van der Waals surface area contributed by atoms with Gasteiger partial charge in [0, 0.05) is 6.04 Å². The molecule has 0 fully saturated rings. The summed E-state index contributed by atoms with van der Waals surface area (Å²) in [4.78, 5) is 0. The fourth-order valence-corrected chi connectivity index (χ4v) is 2.21. The first-order chi connectivity index (χ1) is 9.13. The van der Waals surface area contributed by atoms with Crippen LogP contribution in [0.1, 0.15) is 51.2 Å². The Morgan fingerprint density at radius 1 is 1.16 bits per heavy atom. The number of unbranched alkanes of at least 4 members (excludes halogenated alkanes) is 2. The van der Waals surface area contributed by atoms with Crippen LogP contribution in [0.2, 0.25) is 0 Å². The highest BCUT2D eigenvalue weighted by Crippen LogP contribution is 2.22. The van der Waals surface area contributed by atoms with E-state index in [1.54, 1.807) is 0 Å². The Balaban J connectivity index is 2.33. The van der Waals surface area contributed by atoms with Gasteiger partial charge in [-0.15, -0.1) is 0 Å². The Hall–Kier alpha value is -1.02. The minimum absolute atomic E-state index is 0.598. The zero-order valence-electron chi connectivity index (χ0n) is 13.0. The molecule has 0 heterocycles. The second kappa shape index (κ2) is 8.98. The number of hydrogen-bond acceptors (Lipinski definition) is 2. The lowest BCUT2D eigenvalue weighted by molar-refractivity contribution is 0.336. The summed E-state index contributed by atoms with van der Waals surface area (Å²) in [5.74, 6) is 1.06. The summed E-state index contributed by atoms with van der Waals surface area (Å²) in [6.45, 7) is 10.5. The smallest absolute Gasteiger partial charge is 0.122 e. The molecule has 0 radical (unpaired) electrons. The molecule has 0 aromatic heterocycles. The zero-order valence-corrected chi connectivity index (χ0v) is 13.0. The highest BCUT2D eigenvalue weighted by atomic mass is 16.5. The normalized spacial score (nSPS) is 11.0. The molecule has 0 aliphatic carbocycles. The molecule has 108 valence electrons. The molecular formula is C17H29NO. The molecule has 1 aromatic rings. The quantitative estimate of drug-likeness (QED) is 0.677. The minimum atomic E-state index is 0.598. The molecular weight excluding hydrogens is 234 g/mol. The van der Waals surface area contributed by atoms with Gasteiger partial charge in [-0.2, -0.15) is 0 Å². The van der Waals surface area contributed by atoms with E-state index in [4.69, 9.17) is 4.74 Å². The van der Waals surface area contributed by atoms with E-state index in [1.807, 2.05) is 6.92 Å². The fourth-order valence-electron chi connectivity index (χ4n) is 2.21. The standard InChI is InChI=1S/C17H29NO/c1-5-19-17-11-10-15(4)13-16(17)9-7-6-8-12-18-14(2)3/h10-11,13-14,18H,5-9,12H2,1-4H3. The van der Waals surface area contributed by atoms with Gasteiger partial charge < -0.3 is 10.1 Å². The first kappa shape index (κ1) is 16.0. The van der Waals surface area contributed by atoms with Gasteiger partial charge >= 0.3 is 0 Å². The van der Waals surface area contributed by atoms with Gasteiger partial charge in [0.1, 0.15) is 5.75 Å². The van der Waals surface area contributed by atoms with E-state index in [1.165, 1.54) is 30.4 Å². The third-order valence-corrected chi connectivity index (χ3v) is 3.19. The van der Waals surface area contributed by atoms with Crippen LogP contribution in [0.4, 0.5) is 0 Å². The Bertz CT molecular complexity index is 360. The lowest BCUT2D eigenvalue weighted by atomic mass is 10.0. The lowest BCUT2D eigenvalue weighted by Crippen LogP contribution is -2.23.